The summed E-state index contributed by atoms with van der Waals surface area (Å²) in [4.78, 5) is 18.1. The summed E-state index contributed by atoms with van der Waals surface area (Å²) in [6.45, 7) is 2.54. The maximum atomic E-state index is 13.2. The Morgan fingerprint density at radius 1 is 0.914 bits per heavy atom. The van der Waals surface area contributed by atoms with Gasteiger partial charge in [-0.3, -0.25) is 9.36 Å². The van der Waals surface area contributed by atoms with E-state index in [1.807, 2.05) is 102 Å². The van der Waals surface area contributed by atoms with Gasteiger partial charge in [-0.25, -0.2) is 4.98 Å². The van der Waals surface area contributed by atoms with Gasteiger partial charge in [0, 0.05) is 26.8 Å². The molecule has 0 radical (unpaired) electrons. The standard InChI is InChI=1S/C29H26N4O2.2H2/c1-20-17-26(30-19-21-13-15-24(35-2)16-14-21)32-29-28(20)25(34)18-27(31-22-9-5-3-6-10-22)33(29)23-11-7-4-8-12-23;;/h3-18,31H,19H2,1-2H3,(H,30,32);2*1H. The van der Waals surface area contributed by atoms with Gasteiger partial charge < -0.3 is 15.4 Å². The summed E-state index contributed by atoms with van der Waals surface area (Å²) in [5, 5.41) is 7.41. The van der Waals surface area contributed by atoms with Crippen molar-refractivity contribution in [3.05, 3.63) is 118 Å². The van der Waals surface area contributed by atoms with E-state index in [1.165, 1.54) is 0 Å². The SMILES string of the molecule is COc1ccc(CNc2cc(C)c3c(=O)cc(Nc4ccccc4)n(-c4ccccc4)c3n2)cc1.[HH].[HH]. The zero-order valence-electron chi connectivity index (χ0n) is 19.7. The first-order valence-corrected chi connectivity index (χ1v) is 11.4. The Hall–Kier alpha value is -4.58. The molecular weight excluding hydrogens is 436 g/mol. The van der Waals surface area contributed by atoms with Crippen LogP contribution in [0.15, 0.2) is 102 Å². The summed E-state index contributed by atoms with van der Waals surface area (Å²) in [6.07, 6.45) is 0. The van der Waals surface area contributed by atoms with Crippen molar-refractivity contribution in [3.8, 4) is 11.4 Å². The second-order valence-corrected chi connectivity index (χ2v) is 8.28. The molecule has 6 heteroatoms. The molecule has 3 aromatic carbocycles. The number of hydrogen-bond acceptors (Lipinski definition) is 5. The molecule has 0 aliphatic rings. The van der Waals surface area contributed by atoms with Gasteiger partial charge in [-0.1, -0.05) is 48.5 Å². The van der Waals surface area contributed by atoms with Crippen LogP contribution in [-0.2, 0) is 6.54 Å². The topological polar surface area (TPSA) is 68.2 Å². The molecule has 0 spiro atoms. The Morgan fingerprint density at radius 3 is 2.29 bits per heavy atom. The van der Waals surface area contributed by atoms with E-state index < -0.39 is 0 Å². The fraction of sp³-hybridized carbons (Fsp3) is 0.103. The normalized spacial score (nSPS) is 10.8. The zero-order valence-corrected chi connectivity index (χ0v) is 19.7. The van der Waals surface area contributed by atoms with Gasteiger partial charge in [-0.15, -0.1) is 0 Å². The van der Waals surface area contributed by atoms with Gasteiger partial charge in [0.05, 0.1) is 12.5 Å². The lowest BCUT2D eigenvalue weighted by Crippen LogP contribution is -2.15. The predicted octanol–water partition coefficient (Wildman–Crippen LogP) is 6.55. The molecule has 2 heterocycles. The average Bonchev–Trinajstić information content (AvgIpc) is 2.88. The summed E-state index contributed by atoms with van der Waals surface area (Å²) in [5.74, 6) is 2.17. The van der Waals surface area contributed by atoms with Gasteiger partial charge in [0.25, 0.3) is 0 Å². The second-order valence-electron chi connectivity index (χ2n) is 8.28. The minimum absolute atomic E-state index is 0. The van der Waals surface area contributed by atoms with E-state index in [-0.39, 0.29) is 8.28 Å². The molecule has 0 amide bonds. The van der Waals surface area contributed by atoms with Crippen LogP contribution in [0.1, 0.15) is 14.0 Å². The van der Waals surface area contributed by atoms with Gasteiger partial charge in [0.2, 0.25) is 0 Å². The third-order valence-electron chi connectivity index (χ3n) is 5.86. The molecule has 0 saturated carbocycles. The first-order chi connectivity index (χ1) is 17.1. The highest BCUT2D eigenvalue weighted by atomic mass is 16.5. The molecule has 0 atom stereocenters. The number of ether oxygens (including phenoxy) is 1. The molecule has 0 fully saturated rings. The number of nitrogens with zero attached hydrogens (tertiary/aromatic N) is 2. The summed E-state index contributed by atoms with van der Waals surface area (Å²) < 4.78 is 7.24. The molecule has 0 aliphatic heterocycles. The van der Waals surface area contributed by atoms with Gasteiger partial charge in [-0.2, -0.15) is 0 Å². The quantitative estimate of drug-likeness (QED) is 0.285. The summed E-state index contributed by atoms with van der Waals surface area (Å²) >= 11 is 0. The van der Waals surface area contributed by atoms with Crippen LogP contribution in [-0.4, -0.2) is 16.7 Å². The summed E-state index contributed by atoms with van der Waals surface area (Å²) in [5.41, 5.74) is 4.30. The Labute approximate surface area is 206 Å². The fourth-order valence-corrected chi connectivity index (χ4v) is 4.12. The lowest BCUT2D eigenvalue weighted by atomic mass is 10.1. The predicted molar refractivity (Wildman–Crippen MR) is 146 cm³/mol. The fourth-order valence-electron chi connectivity index (χ4n) is 4.12. The van der Waals surface area contributed by atoms with E-state index in [9.17, 15) is 4.79 Å². The number of hydrogen-bond donors (Lipinski definition) is 2. The number of para-hydroxylation sites is 2. The first-order valence-electron chi connectivity index (χ1n) is 11.4. The number of benzene rings is 3. The molecule has 2 N–H and O–H groups in total. The molecule has 5 aromatic rings. The molecular formula is C29H30N4O2. The number of fused-ring (bicyclic) bond motifs is 1. The molecule has 5 rings (SSSR count). The van der Waals surface area contributed by atoms with Crippen molar-refractivity contribution in [3.63, 3.8) is 0 Å². The van der Waals surface area contributed by atoms with Gasteiger partial charge in [-0.05, 0) is 60.5 Å². The van der Waals surface area contributed by atoms with Crippen LogP contribution in [0.2, 0.25) is 0 Å². The monoisotopic (exact) mass is 466 g/mol. The second kappa shape index (κ2) is 9.73. The van der Waals surface area contributed by atoms with Crippen LogP contribution < -0.4 is 20.8 Å². The number of pyridine rings is 2. The first kappa shape index (κ1) is 22.2. The number of aromatic nitrogens is 2. The van der Waals surface area contributed by atoms with Crippen molar-refractivity contribution >= 4 is 28.4 Å². The Kier molecular flexibility index (Phi) is 6.18. The number of rotatable bonds is 7. The summed E-state index contributed by atoms with van der Waals surface area (Å²) in [7, 11) is 1.65. The zero-order chi connectivity index (χ0) is 24.2. The Balaban J connectivity index is 0.00000190. The van der Waals surface area contributed by atoms with Crippen molar-refractivity contribution in [2.45, 2.75) is 13.5 Å². The minimum atomic E-state index is -0.0719. The van der Waals surface area contributed by atoms with E-state index in [1.54, 1.807) is 13.2 Å². The Bertz CT molecular complexity index is 1520. The molecule has 0 bridgehead atoms. The van der Waals surface area contributed by atoms with Crippen LogP contribution in [0.3, 0.4) is 0 Å². The highest BCUT2D eigenvalue weighted by Crippen LogP contribution is 2.27. The molecule has 2 aromatic heterocycles. The van der Waals surface area contributed by atoms with Crippen molar-refractivity contribution in [1.82, 2.24) is 9.55 Å². The van der Waals surface area contributed by atoms with E-state index >= 15 is 0 Å². The number of methoxy groups -OCH3 is 1. The third kappa shape index (κ3) is 4.73. The van der Waals surface area contributed by atoms with Crippen LogP contribution in [0.5, 0.6) is 5.75 Å². The van der Waals surface area contributed by atoms with E-state index in [0.717, 1.165) is 28.3 Å². The van der Waals surface area contributed by atoms with Crippen molar-refractivity contribution in [2.75, 3.05) is 17.7 Å². The largest absolute Gasteiger partial charge is 0.497 e. The van der Waals surface area contributed by atoms with Crippen LogP contribution in [0.4, 0.5) is 17.3 Å². The van der Waals surface area contributed by atoms with Gasteiger partial charge in [0.15, 0.2) is 11.1 Å². The van der Waals surface area contributed by atoms with Crippen LogP contribution in [0.25, 0.3) is 16.7 Å². The van der Waals surface area contributed by atoms with Crippen LogP contribution in [0, 0.1) is 6.92 Å². The number of nitrogens with one attached hydrogen (secondary N) is 2. The lowest BCUT2D eigenvalue weighted by molar-refractivity contribution is 0.414. The van der Waals surface area contributed by atoms with Gasteiger partial charge >= 0.3 is 0 Å². The molecule has 0 unspecified atom stereocenters. The number of anilines is 3. The maximum Gasteiger partial charge on any atom is 0.193 e. The third-order valence-corrected chi connectivity index (χ3v) is 5.86. The Morgan fingerprint density at radius 2 is 1.60 bits per heavy atom. The van der Waals surface area contributed by atoms with Gasteiger partial charge in [0.1, 0.15) is 17.4 Å². The number of aryl methyl sites for hydroxylation is 1. The average molecular weight is 467 g/mol. The van der Waals surface area contributed by atoms with E-state index in [0.29, 0.717) is 29.2 Å². The minimum Gasteiger partial charge on any atom is -0.497 e. The van der Waals surface area contributed by atoms with Crippen molar-refractivity contribution in [1.29, 1.82) is 0 Å². The molecule has 178 valence electrons. The molecule has 35 heavy (non-hydrogen) atoms. The van der Waals surface area contributed by atoms with E-state index in [2.05, 4.69) is 10.6 Å². The molecule has 6 nitrogen and oxygen atoms in total. The highest BCUT2D eigenvalue weighted by molar-refractivity contribution is 5.85. The molecule has 0 saturated heterocycles. The molecule has 0 aliphatic carbocycles. The summed E-state index contributed by atoms with van der Waals surface area (Å²) in [6, 6.07) is 31.2. The van der Waals surface area contributed by atoms with Crippen molar-refractivity contribution in [2.24, 2.45) is 0 Å². The smallest absolute Gasteiger partial charge is 0.193 e. The van der Waals surface area contributed by atoms with Crippen molar-refractivity contribution < 1.29 is 7.59 Å². The van der Waals surface area contributed by atoms with E-state index in [4.69, 9.17) is 9.72 Å². The highest BCUT2D eigenvalue weighted by Gasteiger charge is 2.16. The maximum absolute atomic E-state index is 13.2. The van der Waals surface area contributed by atoms with Crippen LogP contribution >= 0.6 is 0 Å². The lowest BCUT2D eigenvalue weighted by Gasteiger charge is -2.19.